The summed E-state index contributed by atoms with van der Waals surface area (Å²) in [6.45, 7) is 11.2. The molecule has 0 unspecified atom stereocenters. The number of amides is 2. The number of rotatable bonds is 9. The van der Waals surface area contributed by atoms with Crippen LogP contribution in [0, 0.1) is 13.8 Å². The molecule has 1 aromatic carbocycles. The molecule has 1 aliphatic rings. The molecule has 2 heterocycles. The molecule has 0 spiro atoms. The van der Waals surface area contributed by atoms with Gasteiger partial charge in [0.1, 0.15) is 16.4 Å². The van der Waals surface area contributed by atoms with Gasteiger partial charge in [0, 0.05) is 31.5 Å². The molecule has 2 aromatic rings. The molecule has 2 amide bonds. The van der Waals surface area contributed by atoms with Crippen LogP contribution in [0.3, 0.4) is 0 Å². The number of nitrogens with zero attached hydrogens (tertiary/aromatic N) is 2. The van der Waals surface area contributed by atoms with Crippen molar-refractivity contribution in [2.45, 2.75) is 27.7 Å². The molecule has 3 rings (SSSR count). The minimum absolute atomic E-state index is 0.128. The Balaban J connectivity index is 1.89. The topological polar surface area (TPSA) is 110 Å². The van der Waals surface area contributed by atoms with E-state index in [0.717, 1.165) is 30.9 Å². The van der Waals surface area contributed by atoms with E-state index in [1.807, 2.05) is 44.2 Å². The summed E-state index contributed by atoms with van der Waals surface area (Å²) in [5, 5.41) is 16.9. The van der Waals surface area contributed by atoms with Crippen molar-refractivity contribution >= 4 is 40.4 Å². The molecule has 0 saturated carbocycles. The van der Waals surface area contributed by atoms with Gasteiger partial charge in [-0.05, 0) is 50.7 Å². The van der Waals surface area contributed by atoms with E-state index in [9.17, 15) is 14.7 Å². The summed E-state index contributed by atoms with van der Waals surface area (Å²) in [7, 11) is 1.51. The van der Waals surface area contributed by atoms with Crippen LogP contribution in [0.1, 0.15) is 41.2 Å². The highest BCUT2D eigenvalue weighted by molar-refractivity contribution is 8.18. The number of H-pyrrole nitrogens is 1. The first-order valence-electron chi connectivity index (χ1n) is 11.7. The number of hydrogen-bond acceptors (Lipinski definition) is 6. The highest BCUT2D eigenvalue weighted by atomic mass is 32.2. The molecular formula is C26H33N5O3S. The SMILES string of the molecule is CCN(CC)CCNC(=O)c1c(C)[nH]c(/C=C2/SC(=Nc3ccccc3)C(C(=O)NC)=C2O)c1C. The Bertz CT molecular complexity index is 1180. The summed E-state index contributed by atoms with van der Waals surface area (Å²) >= 11 is 1.21. The molecule has 8 nitrogen and oxygen atoms in total. The number of aliphatic hydroxyl groups excluding tert-OH is 1. The summed E-state index contributed by atoms with van der Waals surface area (Å²) in [5.74, 6) is -0.689. The van der Waals surface area contributed by atoms with E-state index in [2.05, 4.69) is 39.4 Å². The Morgan fingerprint density at radius 2 is 1.83 bits per heavy atom. The first-order chi connectivity index (χ1) is 16.8. The largest absolute Gasteiger partial charge is 0.506 e. The van der Waals surface area contributed by atoms with Gasteiger partial charge < -0.3 is 25.6 Å². The van der Waals surface area contributed by atoms with Gasteiger partial charge in [0.2, 0.25) is 0 Å². The van der Waals surface area contributed by atoms with Gasteiger partial charge in [-0.15, -0.1) is 0 Å². The summed E-state index contributed by atoms with van der Waals surface area (Å²) in [6, 6.07) is 9.27. The van der Waals surface area contributed by atoms with Gasteiger partial charge >= 0.3 is 0 Å². The lowest BCUT2D eigenvalue weighted by atomic mass is 10.1. The number of likely N-dealkylation sites (N-methyl/N-ethyl adjacent to an activating group) is 2. The van der Waals surface area contributed by atoms with E-state index in [0.29, 0.717) is 33.4 Å². The van der Waals surface area contributed by atoms with E-state index < -0.39 is 5.91 Å². The second kappa shape index (κ2) is 11.9. The predicted octanol–water partition coefficient (Wildman–Crippen LogP) is 4.08. The van der Waals surface area contributed by atoms with Crippen molar-refractivity contribution in [3.8, 4) is 0 Å². The minimum Gasteiger partial charge on any atom is -0.506 e. The van der Waals surface area contributed by atoms with Gasteiger partial charge in [0.15, 0.2) is 0 Å². The molecule has 9 heteroatoms. The monoisotopic (exact) mass is 495 g/mol. The molecular weight excluding hydrogens is 462 g/mol. The third kappa shape index (κ3) is 6.04. The van der Waals surface area contributed by atoms with Crippen molar-refractivity contribution < 1.29 is 14.7 Å². The van der Waals surface area contributed by atoms with Crippen molar-refractivity contribution in [1.82, 2.24) is 20.5 Å². The molecule has 0 radical (unpaired) electrons. The molecule has 0 saturated heterocycles. The minimum atomic E-state index is -0.416. The van der Waals surface area contributed by atoms with E-state index in [1.54, 1.807) is 6.08 Å². The Labute approximate surface area is 210 Å². The maximum atomic E-state index is 12.9. The van der Waals surface area contributed by atoms with Crippen molar-refractivity contribution in [3.63, 3.8) is 0 Å². The molecule has 0 bridgehead atoms. The zero-order valence-electron chi connectivity index (χ0n) is 20.9. The van der Waals surface area contributed by atoms with Crippen LogP contribution < -0.4 is 10.6 Å². The second-order valence-electron chi connectivity index (χ2n) is 8.11. The number of carbonyl (C=O) groups excluding carboxylic acids is 2. The van der Waals surface area contributed by atoms with Crippen LogP contribution in [0.4, 0.5) is 5.69 Å². The molecule has 0 aliphatic carbocycles. The normalized spacial score (nSPS) is 15.9. The number of thioether (sulfide) groups is 1. The summed E-state index contributed by atoms with van der Waals surface area (Å²) in [6.07, 6.45) is 1.76. The Morgan fingerprint density at radius 3 is 2.46 bits per heavy atom. The van der Waals surface area contributed by atoms with Gasteiger partial charge in [-0.2, -0.15) is 0 Å². The fraction of sp³-hybridized carbons (Fsp3) is 0.346. The lowest BCUT2D eigenvalue weighted by molar-refractivity contribution is -0.116. The molecule has 0 fully saturated rings. The average Bonchev–Trinajstić information content (AvgIpc) is 3.31. The van der Waals surface area contributed by atoms with Gasteiger partial charge in [-0.1, -0.05) is 43.8 Å². The molecule has 0 atom stereocenters. The zero-order chi connectivity index (χ0) is 25.5. The zero-order valence-corrected chi connectivity index (χ0v) is 21.7. The van der Waals surface area contributed by atoms with Gasteiger partial charge in [-0.25, -0.2) is 4.99 Å². The summed E-state index contributed by atoms with van der Waals surface area (Å²) in [4.78, 5) is 36.0. The highest BCUT2D eigenvalue weighted by Gasteiger charge is 2.32. The van der Waals surface area contributed by atoms with Crippen LogP contribution in [0.5, 0.6) is 0 Å². The van der Waals surface area contributed by atoms with Crippen molar-refractivity contribution in [2.75, 3.05) is 33.2 Å². The van der Waals surface area contributed by atoms with E-state index >= 15 is 0 Å². The number of benzene rings is 1. The van der Waals surface area contributed by atoms with Crippen LogP contribution >= 0.6 is 11.8 Å². The highest BCUT2D eigenvalue weighted by Crippen LogP contribution is 2.40. The number of aromatic nitrogens is 1. The summed E-state index contributed by atoms with van der Waals surface area (Å²) < 4.78 is 0. The van der Waals surface area contributed by atoms with Gasteiger partial charge in [-0.3, -0.25) is 9.59 Å². The fourth-order valence-corrected chi connectivity index (χ4v) is 4.93. The van der Waals surface area contributed by atoms with E-state index in [1.165, 1.54) is 18.8 Å². The van der Waals surface area contributed by atoms with Crippen LogP contribution in [-0.2, 0) is 4.79 Å². The smallest absolute Gasteiger partial charge is 0.257 e. The quantitative estimate of drug-likeness (QED) is 0.419. The van der Waals surface area contributed by atoms with Crippen LogP contribution in [0.25, 0.3) is 6.08 Å². The van der Waals surface area contributed by atoms with E-state index in [4.69, 9.17) is 0 Å². The predicted molar refractivity (Wildman–Crippen MR) is 143 cm³/mol. The number of aryl methyl sites for hydroxylation is 1. The van der Waals surface area contributed by atoms with Crippen LogP contribution in [-0.4, -0.2) is 65.1 Å². The first-order valence-corrected chi connectivity index (χ1v) is 12.5. The Kier molecular flexibility index (Phi) is 8.95. The lowest BCUT2D eigenvalue weighted by Gasteiger charge is -2.18. The number of aliphatic imine (C=N–C) groups is 1. The van der Waals surface area contributed by atoms with Crippen LogP contribution in [0.2, 0.25) is 0 Å². The molecule has 4 N–H and O–H groups in total. The van der Waals surface area contributed by atoms with Crippen molar-refractivity contribution in [3.05, 3.63) is 69.1 Å². The van der Waals surface area contributed by atoms with Gasteiger partial charge in [0.05, 0.1) is 16.2 Å². The van der Waals surface area contributed by atoms with Crippen molar-refractivity contribution in [1.29, 1.82) is 0 Å². The number of carbonyl (C=O) groups is 2. The summed E-state index contributed by atoms with van der Waals surface area (Å²) in [5.41, 5.74) is 3.61. The van der Waals surface area contributed by atoms with Crippen molar-refractivity contribution in [2.24, 2.45) is 4.99 Å². The molecule has 1 aromatic heterocycles. The molecule has 1 aliphatic heterocycles. The standard InChI is InChI=1S/C26H33N5O3S/c1-6-31(7-2)14-13-28-25(34)21-16(3)19(29-17(21)4)15-20-23(32)22(24(33)27-5)26(35-20)30-18-11-9-8-10-12-18/h8-12,15,29,32H,6-7,13-14H2,1-5H3,(H,27,33)(H,28,34)/b20-15+,30-26?. The fourth-order valence-electron chi connectivity index (χ4n) is 3.90. The average molecular weight is 496 g/mol. The second-order valence-corrected chi connectivity index (χ2v) is 9.14. The van der Waals surface area contributed by atoms with E-state index in [-0.39, 0.29) is 17.2 Å². The first kappa shape index (κ1) is 26.3. The molecule has 186 valence electrons. The third-order valence-electron chi connectivity index (χ3n) is 5.92. The Hall–Kier alpha value is -3.30. The number of aromatic amines is 1. The lowest BCUT2D eigenvalue weighted by Crippen LogP contribution is -2.35. The molecule has 35 heavy (non-hydrogen) atoms. The Morgan fingerprint density at radius 1 is 1.14 bits per heavy atom. The number of aliphatic hydroxyl groups is 1. The van der Waals surface area contributed by atoms with Gasteiger partial charge in [0.25, 0.3) is 11.8 Å². The number of para-hydroxylation sites is 1. The number of hydrogen-bond donors (Lipinski definition) is 4. The maximum absolute atomic E-state index is 12.9. The number of nitrogens with one attached hydrogen (secondary N) is 3. The maximum Gasteiger partial charge on any atom is 0.257 e. The third-order valence-corrected chi connectivity index (χ3v) is 6.94. The van der Waals surface area contributed by atoms with Crippen LogP contribution in [0.15, 0.2) is 51.6 Å².